The van der Waals surface area contributed by atoms with Crippen LogP contribution >= 0.6 is 0 Å². The topological polar surface area (TPSA) is 61.8 Å². The third-order valence-corrected chi connectivity index (χ3v) is 7.43. The molecule has 1 N–H and O–H groups in total. The first-order valence-electron chi connectivity index (χ1n) is 9.85. The molecule has 0 saturated heterocycles. The van der Waals surface area contributed by atoms with Gasteiger partial charge in [0.2, 0.25) is 0 Å². The van der Waals surface area contributed by atoms with E-state index in [4.69, 9.17) is 5.26 Å². The summed E-state index contributed by atoms with van der Waals surface area (Å²) in [4.78, 5) is 0. The first kappa shape index (κ1) is 15.9. The zero-order valence-corrected chi connectivity index (χ0v) is 15.3. The van der Waals surface area contributed by atoms with Crippen molar-refractivity contribution >= 4 is 0 Å². The summed E-state index contributed by atoms with van der Waals surface area (Å²) < 4.78 is 2.12. The molecule has 1 heterocycles. The van der Waals surface area contributed by atoms with E-state index in [1.807, 2.05) is 12.1 Å². The number of aromatic nitrogens is 2. The number of aromatic hydroxyl groups is 1. The Balaban J connectivity index is 1.50. The molecule has 3 aliphatic carbocycles. The first-order chi connectivity index (χ1) is 12.6. The minimum atomic E-state index is 0.191. The van der Waals surface area contributed by atoms with Crippen LogP contribution in [0.4, 0.5) is 0 Å². The summed E-state index contributed by atoms with van der Waals surface area (Å²) in [7, 11) is 0. The molecule has 1 aromatic heterocycles. The number of benzene rings is 1. The van der Waals surface area contributed by atoms with Gasteiger partial charge in [0.1, 0.15) is 5.75 Å². The maximum atomic E-state index is 9.83. The normalized spacial score (nSPS) is 31.5. The summed E-state index contributed by atoms with van der Waals surface area (Å²) in [5, 5.41) is 23.4. The summed E-state index contributed by atoms with van der Waals surface area (Å²) in [5.41, 5.74) is 5.84. The van der Waals surface area contributed by atoms with Crippen LogP contribution in [0.3, 0.4) is 0 Å². The van der Waals surface area contributed by atoms with E-state index in [0.717, 1.165) is 12.8 Å². The van der Waals surface area contributed by atoms with Crippen molar-refractivity contribution in [3.8, 4) is 11.8 Å². The standard InChI is InChI=1S/C22H25N3O/c1-22-8-7-18-17-6-4-16(26)11-14(17)3-5-19(18)20(22)12-15-13-24-25(21(15)22)10-2-9-23/h4,6,11,13,18-20,26H,2-3,5,7-8,10,12H2,1H3/t18?,19?,20?,22-/m0/s1. The largest absolute Gasteiger partial charge is 0.508 e. The number of hydrogen-bond donors (Lipinski definition) is 1. The molecule has 3 aliphatic rings. The average molecular weight is 347 g/mol. The monoisotopic (exact) mass is 347 g/mol. The number of rotatable bonds is 2. The zero-order valence-electron chi connectivity index (χ0n) is 15.3. The minimum absolute atomic E-state index is 0.191. The number of phenols is 1. The molecular formula is C22H25N3O. The molecule has 0 bridgehead atoms. The van der Waals surface area contributed by atoms with Crippen LogP contribution in [0.15, 0.2) is 24.4 Å². The second-order valence-corrected chi connectivity index (χ2v) is 8.61. The Morgan fingerprint density at radius 2 is 2.23 bits per heavy atom. The van der Waals surface area contributed by atoms with Crippen LogP contribution in [0, 0.1) is 23.2 Å². The Labute approximate surface area is 154 Å². The van der Waals surface area contributed by atoms with Crippen molar-refractivity contribution in [1.29, 1.82) is 5.26 Å². The van der Waals surface area contributed by atoms with Crippen LogP contribution in [0.2, 0.25) is 0 Å². The van der Waals surface area contributed by atoms with Gasteiger partial charge in [-0.3, -0.25) is 4.68 Å². The minimum Gasteiger partial charge on any atom is -0.508 e. The van der Waals surface area contributed by atoms with Gasteiger partial charge in [-0.25, -0.2) is 0 Å². The van der Waals surface area contributed by atoms with E-state index in [9.17, 15) is 5.11 Å². The lowest BCUT2D eigenvalue weighted by Crippen LogP contribution is -2.44. The van der Waals surface area contributed by atoms with Crippen molar-refractivity contribution in [3.05, 3.63) is 46.8 Å². The number of hydrogen-bond acceptors (Lipinski definition) is 3. The van der Waals surface area contributed by atoms with Crippen molar-refractivity contribution in [2.75, 3.05) is 0 Å². The third-order valence-electron chi connectivity index (χ3n) is 7.43. The van der Waals surface area contributed by atoms with Gasteiger partial charge in [-0.15, -0.1) is 0 Å². The van der Waals surface area contributed by atoms with Crippen molar-refractivity contribution in [2.24, 2.45) is 11.8 Å². The molecule has 4 atom stereocenters. The lowest BCUT2D eigenvalue weighted by atomic mass is 9.55. The van der Waals surface area contributed by atoms with E-state index in [1.165, 1.54) is 41.6 Å². The maximum absolute atomic E-state index is 9.83. The molecule has 1 aromatic carbocycles. The fourth-order valence-electron chi connectivity index (χ4n) is 6.36. The smallest absolute Gasteiger partial charge is 0.115 e. The molecule has 26 heavy (non-hydrogen) atoms. The van der Waals surface area contributed by atoms with E-state index in [-0.39, 0.29) is 5.41 Å². The van der Waals surface area contributed by atoms with Crippen LogP contribution in [-0.4, -0.2) is 14.9 Å². The van der Waals surface area contributed by atoms with E-state index in [0.29, 0.717) is 36.5 Å². The lowest BCUT2D eigenvalue weighted by molar-refractivity contribution is 0.0998. The highest BCUT2D eigenvalue weighted by molar-refractivity contribution is 5.43. The van der Waals surface area contributed by atoms with E-state index < -0.39 is 0 Å². The van der Waals surface area contributed by atoms with Crippen molar-refractivity contribution in [2.45, 2.75) is 63.3 Å². The highest BCUT2D eigenvalue weighted by Gasteiger charge is 2.54. The molecule has 0 spiro atoms. The quantitative estimate of drug-likeness (QED) is 0.890. The Bertz CT molecular complexity index is 909. The van der Waals surface area contributed by atoms with Gasteiger partial charge in [-0.2, -0.15) is 10.4 Å². The van der Waals surface area contributed by atoms with Crippen molar-refractivity contribution in [1.82, 2.24) is 9.78 Å². The van der Waals surface area contributed by atoms with Gasteiger partial charge >= 0.3 is 0 Å². The molecule has 2 aromatic rings. The molecule has 0 amide bonds. The van der Waals surface area contributed by atoms with Gasteiger partial charge in [-0.1, -0.05) is 13.0 Å². The van der Waals surface area contributed by atoms with Crippen molar-refractivity contribution < 1.29 is 5.11 Å². The molecular weight excluding hydrogens is 322 g/mol. The number of aryl methyl sites for hydroxylation is 2. The average Bonchev–Trinajstić information content (AvgIpc) is 3.17. The SMILES string of the molecule is C[C@]12CCC3c4ccc(O)cc4CCC3C1Cc1cnn(CCC#N)c12. The second-order valence-electron chi connectivity index (χ2n) is 8.61. The van der Waals surface area contributed by atoms with Gasteiger partial charge in [0.15, 0.2) is 0 Å². The van der Waals surface area contributed by atoms with Crippen LogP contribution in [0.1, 0.15) is 60.9 Å². The molecule has 0 aliphatic heterocycles. The number of phenolic OH excluding ortho intramolecular Hbond substituents is 1. The summed E-state index contributed by atoms with van der Waals surface area (Å²) in [5.74, 6) is 2.41. The van der Waals surface area contributed by atoms with Crippen molar-refractivity contribution in [3.63, 3.8) is 0 Å². The summed E-state index contributed by atoms with van der Waals surface area (Å²) in [6.45, 7) is 3.15. The fraction of sp³-hybridized carbons (Fsp3) is 0.545. The van der Waals surface area contributed by atoms with Crippen LogP contribution in [0.5, 0.6) is 5.75 Å². The van der Waals surface area contributed by atoms with E-state index in [1.54, 1.807) is 0 Å². The number of nitrogens with zero attached hydrogens (tertiary/aromatic N) is 3. The molecule has 1 fully saturated rings. The molecule has 4 nitrogen and oxygen atoms in total. The molecule has 3 unspecified atom stereocenters. The van der Waals surface area contributed by atoms with Gasteiger partial charge in [0, 0.05) is 11.1 Å². The Morgan fingerprint density at radius 1 is 1.35 bits per heavy atom. The second kappa shape index (κ2) is 5.61. The maximum Gasteiger partial charge on any atom is 0.115 e. The lowest BCUT2D eigenvalue weighted by Gasteiger charge is -2.49. The van der Waals surface area contributed by atoms with Gasteiger partial charge < -0.3 is 5.11 Å². The predicted octanol–water partition coefficient (Wildman–Crippen LogP) is 4.07. The number of nitriles is 1. The Kier molecular flexibility index (Phi) is 3.44. The number of fused-ring (bicyclic) bond motifs is 7. The van der Waals surface area contributed by atoms with E-state index in [2.05, 4.69) is 35.0 Å². The van der Waals surface area contributed by atoms with Gasteiger partial charge in [0.05, 0.1) is 25.2 Å². The first-order valence-corrected chi connectivity index (χ1v) is 9.85. The molecule has 5 rings (SSSR count). The highest BCUT2D eigenvalue weighted by Crippen LogP contribution is 2.60. The zero-order chi connectivity index (χ0) is 17.9. The molecule has 4 heteroatoms. The van der Waals surface area contributed by atoms with Gasteiger partial charge in [-0.05, 0) is 78.7 Å². The van der Waals surface area contributed by atoms with Crippen LogP contribution in [-0.2, 0) is 24.8 Å². The Hall–Kier alpha value is -2.28. The Morgan fingerprint density at radius 3 is 3.08 bits per heavy atom. The fourth-order valence-corrected chi connectivity index (χ4v) is 6.36. The van der Waals surface area contributed by atoms with E-state index >= 15 is 0 Å². The predicted molar refractivity (Wildman–Crippen MR) is 98.9 cm³/mol. The summed E-state index contributed by atoms with van der Waals surface area (Å²) in [6, 6.07) is 8.26. The van der Waals surface area contributed by atoms with Crippen LogP contribution < -0.4 is 0 Å². The molecule has 0 radical (unpaired) electrons. The summed E-state index contributed by atoms with van der Waals surface area (Å²) >= 11 is 0. The van der Waals surface area contributed by atoms with Gasteiger partial charge in [0.25, 0.3) is 0 Å². The molecule has 1 saturated carbocycles. The highest BCUT2D eigenvalue weighted by atomic mass is 16.3. The molecule has 134 valence electrons. The summed E-state index contributed by atoms with van der Waals surface area (Å²) in [6.07, 6.45) is 8.40. The third kappa shape index (κ3) is 2.09. The van der Waals surface area contributed by atoms with Crippen LogP contribution in [0.25, 0.3) is 0 Å².